The van der Waals surface area contributed by atoms with Crippen LogP contribution in [0.1, 0.15) is 13.8 Å². The van der Waals surface area contributed by atoms with Crippen LogP contribution in [0, 0.1) is 0 Å². The topological polar surface area (TPSA) is 18.5 Å². The number of hydrogen-bond donors (Lipinski definition) is 0. The van der Waals surface area contributed by atoms with Gasteiger partial charge < -0.3 is 9.47 Å². The Labute approximate surface area is 82.8 Å². The summed E-state index contributed by atoms with van der Waals surface area (Å²) in [6.45, 7) is 5.69. The summed E-state index contributed by atoms with van der Waals surface area (Å²) < 4.78 is 10.7. The van der Waals surface area contributed by atoms with Crippen molar-refractivity contribution in [2.24, 2.45) is 0 Å². The fourth-order valence-electron chi connectivity index (χ4n) is 0.953. The van der Waals surface area contributed by atoms with Gasteiger partial charge in [-0.15, -0.1) is 23.5 Å². The first-order chi connectivity index (χ1) is 5.79. The zero-order valence-corrected chi connectivity index (χ0v) is 9.25. The van der Waals surface area contributed by atoms with E-state index in [0.29, 0.717) is 0 Å². The van der Waals surface area contributed by atoms with E-state index in [-0.39, 0.29) is 6.29 Å². The summed E-state index contributed by atoms with van der Waals surface area (Å²) in [7, 11) is 0. The van der Waals surface area contributed by atoms with E-state index in [1.807, 2.05) is 6.92 Å². The summed E-state index contributed by atoms with van der Waals surface area (Å²) in [5.41, 5.74) is 0. The van der Waals surface area contributed by atoms with Gasteiger partial charge in [0.1, 0.15) is 0 Å². The molecule has 2 aliphatic heterocycles. The predicted molar refractivity (Wildman–Crippen MR) is 55.7 cm³/mol. The third-order valence-corrected chi connectivity index (χ3v) is 4.47. The molecule has 0 atom stereocenters. The second-order valence-electron chi connectivity index (χ2n) is 2.62. The van der Waals surface area contributed by atoms with Crippen LogP contribution in [0.15, 0.2) is 0 Å². The lowest BCUT2D eigenvalue weighted by atomic mass is 10.8. The van der Waals surface area contributed by atoms with Gasteiger partial charge in [-0.3, -0.25) is 0 Å². The molecular formula is C8H16O2S2. The standard InChI is InChI=1S/C4H8O2.C4H8S2/c2*1-4-5-2-3-6-4/h2*4H,2-3H2,1H3. The molecule has 0 spiro atoms. The van der Waals surface area contributed by atoms with E-state index in [9.17, 15) is 0 Å². The highest BCUT2D eigenvalue weighted by molar-refractivity contribution is 8.20. The van der Waals surface area contributed by atoms with Gasteiger partial charge in [-0.25, -0.2) is 0 Å². The van der Waals surface area contributed by atoms with Gasteiger partial charge >= 0.3 is 0 Å². The van der Waals surface area contributed by atoms with Gasteiger partial charge in [-0.05, 0) is 13.8 Å². The molecule has 0 radical (unpaired) electrons. The van der Waals surface area contributed by atoms with Crippen LogP contribution < -0.4 is 0 Å². The van der Waals surface area contributed by atoms with Crippen molar-refractivity contribution in [2.45, 2.75) is 24.7 Å². The number of hydrogen-bond acceptors (Lipinski definition) is 4. The van der Waals surface area contributed by atoms with Crippen LogP contribution in [0.25, 0.3) is 0 Å². The monoisotopic (exact) mass is 208 g/mol. The third kappa shape index (κ3) is 4.60. The molecule has 4 heteroatoms. The Bertz CT molecular complexity index is 95.6. The first-order valence-corrected chi connectivity index (χ1v) is 6.35. The molecule has 2 fully saturated rings. The Morgan fingerprint density at radius 1 is 1.00 bits per heavy atom. The molecule has 0 bridgehead atoms. The highest BCUT2D eigenvalue weighted by atomic mass is 32.2. The first kappa shape index (κ1) is 10.7. The minimum Gasteiger partial charge on any atom is -0.351 e. The van der Waals surface area contributed by atoms with Crippen LogP contribution in [0.4, 0.5) is 0 Å². The van der Waals surface area contributed by atoms with Crippen LogP contribution >= 0.6 is 23.5 Å². The molecule has 2 nitrogen and oxygen atoms in total. The third-order valence-electron chi connectivity index (χ3n) is 1.58. The van der Waals surface area contributed by atoms with Crippen LogP contribution in [0.5, 0.6) is 0 Å². The lowest BCUT2D eigenvalue weighted by Crippen LogP contribution is -1.97. The van der Waals surface area contributed by atoms with Crippen LogP contribution in [-0.4, -0.2) is 35.6 Å². The van der Waals surface area contributed by atoms with Crippen molar-refractivity contribution in [1.29, 1.82) is 0 Å². The molecule has 0 aromatic rings. The largest absolute Gasteiger partial charge is 0.351 e. The molecule has 2 saturated heterocycles. The average Bonchev–Trinajstić information content (AvgIpc) is 2.63. The molecule has 0 aromatic carbocycles. The van der Waals surface area contributed by atoms with E-state index in [1.54, 1.807) is 0 Å². The minimum absolute atomic E-state index is 0.0463. The normalized spacial score (nSPS) is 25.5. The highest BCUT2D eigenvalue weighted by Gasteiger charge is 2.08. The molecule has 0 unspecified atom stereocenters. The van der Waals surface area contributed by atoms with Crippen molar-refractivity contribution >= 4 is 23.5 Å². The Balaban J connectivity index is 0.000000120. The van der Waals surface area contributed by atoms with Gasteiger partial charge in [-0.1, -0.05) is 0 Å². The zero-order valence-electron chi connectivity index (χ0n) is 7.62. The van der Waals surface area contributed by atoms with Gasteiger partial charge in [0.15, 0.2) is 6.29 Å². The Morgan fingerprint density at radius 3 is 1.67 bits per heavy atom. The Kier molecular flexibility index (Phi) is 5.47. The summed E-state index contributed by atoms with van der Waals surface area (Å²) in [6, 6.07) is 0. The quantitative estimate of drug-likeness (QED) is 0.607. The molecule has 72 valence electrons. The highest BCUT2D eigenvalue weighted by Crippen LogP contribution is 2.30. The maximum atomic E-state index is 4.93. The molecular weight excluding hydrogens is 192 g/mol. The smallest absolute Gasteiger partial charge is 0.155 e. The zero-order chi connectivity index (χ0) is 8.81. The SMILES string of the molecule is CC1OCCO1.CC1SCCS1. The molecule has 0 amide bonds. The number of rotatable bonds is 0. The van der Waals surface area contributed by atoms with Crippen LogP contribution in [0.3, 0.4) is 0 Å². The van der Waals surface area contributed by atoms with E-state index >= 15 is 0 Å². The van der Waals surface area contributed by atoms with Gasteiger partial charge in [0, 0.05) is 16.1 Å². The van der Waals surface area contributed by atoms with Crippen molar-refractivity contribution in [3.8, 4) is 0 Å². The van der Waals surface area contributed by atoms with E-state index in [4.69, 9.17) is 9.47 Å². The molecule has 0 aromatic heterocycles. The van der Waals surface area contributed by atoms with E-state index in [1.165, 1.54) is 11.5 Å². The fourth-order valence-corrected chi connectivity index (χ4v) is 3.35. The van der Waals surface area contributed by atoms with Crippen molar-refractivity contribution in [3.63, 3.8) is 0 Å². The second kappa shape index (κ2) is 6.13. The van der Waals surface area contributed by atoms with Crippen molar-refractivity contribution in [2.75, 3.05) is 24.7 Å². The van der Waals surface area contributed by atoms with Crippen molar-refractivity contribution in [3.05, 3.63) is 0 Å². The minimum atomic E-state index is 0.0463. The Morgan fingerprint density at radius 2 is 1.50 bits per heavy atom. The molecule has 2 rings (SSSR count). The summed E-state index contributed by atoms with van der Waals surface area (Å²) in [4.78, 5) is 0. The molecule has 0 saturated carbocycles. The van der Waals surface area contributed by atoms with Crippen LogP contribution in [0.2, 0.25) is 0 Å². The number of thioether (sulfide) groups is 2. The van der Waals surface area contributed by atoms with Gasteiger partial charge in [0.25, 0.3) is 0 Å². The summed E-state index contributed by atoms with van der Waals surface area (Å²) in [6.07, 6.45) is 0.0463. The van der Waals surface area contributed by atoms with E-state index in [0.717, 1.165) is 17.8 Å². The van der Waals surface area contributed by atoms with Gasteiger partial charge in [0.2, 0.25) is 0 Å². The predicted octanol–water partition coefficient (Wildman–Crippen LogP) is 2.19. The Hall–Kier alpha value is 0.620. The van der Waals surface area contributed by atoms with E-state index < -0.39 is 0 Å². The lowest BCUT2D eigenvalue weighted by Gasteiger charge is -1.94. The van der Waals surface area contributed by atoms with Crippen molar-refractivity contribution < 1.29 is 9.47 Å². The first-order valence-electron chi connectivity index (χ1n) is 4.25. The summed E-state index contributed by atoms with van der Waals surface area (Å²) in [5.74, 6) is 2.73. The molecule has 0 aliphatic carbocycles. The molecule has 2 aliphatic rings. The molecule has 12 heavy (non-hydrogen) atoms. The van der Waals surface area contributed by atoms with E-state index in [2.05, 4.69) is 30.4 Å². The van der Waals surface area contributed by atoms with Gasteiger partial charge in [0.05, 0.1) is 13.2 Å². The van der Waals surface area contributed by atoms with Crippen molar-refractivity contribution in [1.82, 2.24) is 0 Å². The molecule has 0 N–H and O–H groups in total. The summed E-state index contributed by atoms with van der Waals surface area (Å²) >= 11 is 4.12. The lowest BCUT2D eigenvalue weighted by molar-refractivity contribution is -0.0254. The second-order valence-corrected chi connectivity index (χ2v) is 5.81. The maximum Gasteiger partial charge on any atom is 0.155 e. The number of ether oxygens (including phenoxy) is 2. The van der Waals surface area contributed by atoms with Gasteiger partial charge in [-0.2, -0.15) is 0 Å². The fraction of sp³-hybridized carbons (Fsp3) is 1.00. The maximum absolute atomic E-state index is 4.93. The molecule has 2 heterocycles. The average molecular weight is 208 g/mol. The van der Waals surface area contributed by atoms with Crippen LogP contribution in [-0.2, 0) is 9.47 Å². The summed E-state index contributed by atoms with van der Waals surface area (Å²) in [5, 5.41) is 0.